The number of fused-ring (bicyclic) bond motifs is 6. The van der Waals surface area contributed by atoms with Crippen molar-refractivity contribution in [1.82, 2.24) is 35.1 Å². The number of nitrogens with zero attached hydrogens (tertiary/aromatic N) is 8. The zero-order valence-corrected chi connectivity index (χ0v) is 32.6. The minimum absolute atomic E-state index is 0.0660. The largest absolute Gasteiger partial charge is 0.489 e. The fraction of sp³-hybridized carbons (Fsp3) is 0.512. The van der Waals surface area contributed by atoms with E-state index in [0.717, 1.165) is 99.6 Å². The molecule has 0 saturated carbocycles. The lowest BCUT2D eigenvalue weighted by Crippen LogP contribution is -2.57. The van der Waals surface area contributed by atoms with Crippen molar-refractivity contribution in [3.05, 3.63) is 59.0 Å². The second kappa shape index (κ2) is 14.8. The van der Waals surface area contributed by atoms with Gasteiger partial charge in [0.25, 0.3) is 5.91 Å². The Hall–Kier alpha value is -5.36. The highest BCUT2D eigenvalue weighted by Gasteiger charge is 2.38. The van der Waals surface area contributed by atoms with Gasteiger partial charge in [-0.1, -0.05) is 11.2 Å². The molecule has 7 heterocycles. The Morgan fingerprint density at radius 2 is 1.95 bits per heavy atom. The summed E-state index contributed by atoms with van der Waals surface area (Å²) >= 11 is 0. The fourth-order valence-electron chi connectivity index (χ4n) is 10.1. The molecular formula is C41H49N11O6. The van der Waals surface area contributed by atoms with Gasteiger partial charge in [-0.3, -0.25) is 34.4 Å². The molecule has 0 radical (unpaired) electrons. The van der Waals surface area contributed by atoms with Crippen molar-refractivity contribution in [3.63, 3.8) is 0 Å². The van der Waals surface area contributed by atoms with Crippen LogP contribution in [0.15, 0.2) is 41.1 Å². The van der Waals surface area contributed by atoms with Crippen molar-refractivity contribution in [3.8, 4) is 5.75 Å². The van der Waals surface area contributed by atoms with Gasteiger partial charge in [-0.15, -0.1) is 0 Å². The number of nitrogens with one attached hydrogen (secondary N) is 2. The second-order valence-corrected chi connectivity index (χ2v) is 16.7. The summed E-state index contributed by atoms with van der Waals surface area (Å²) < 4.78 is 12.3. The molecule has 0 bridgehead atoms. The minimum Gasteiger partial charge on any atom is -0.489 e. The third kappa shape index (κ3) is 6.68. The maximum Gasteiger partial charge on any atom is 0.271 e. The summed E-state index contributed by atoms with van der Waals surface area (Å²) in [6.07, 6.45) is 5.56. The predicted molar refractivity (Wildman–Crippen MR) is 214 cm³/mol. The molecular weight excluding hydrogens is 743 g/mol. The number of nitrogens with two attached hydrogens (primary N) is 1. The van der Waals surface area contributed by atoms with Gasteiger partial charge in [-0.2, -0.15) is 0 Å². The second-order valence-electron chi connectivity index (χ2n) is 16.7. The van der Waals surface area contributed by atoms with E-state index in [9.17, 15) is 19.5 Å². The number of aromatic nitrogens is 3. The first-order valence-electron chi connectivity index (χ1n) is 20.5. The number of aliphatic hydroxyl groups is 1. The van der Waals surface area contributed by atoms with Crippen molar-refractivity contribution in [2.75, 3.05) is 81.1 Å². The van der Waals surface area contributed by atoms with Crippen LogP contribution in [-0.2, 0) is 22.4 Å². The van der Waals surface area contributed by atoms with E-state index in [-0.39, 0.29) is 29.6 Å². The lowest BCUT2D eigenvalue weighted by atomic mass is 9.92. The molecule has 17 nitrogen and oxygen atoms in total. The van der Waals surface area contributed by atoms with Crippen LogP contribution < -0.4 is 30.9 Å². The van der Waals surface area contributed by atoms with E-state index < -0.39 is 18.2 Å². The smallest absolute Gasteiger partial charge is 0.271 e. The van der Waals surface area contributed by atoms with E-state index in [2.05, 4.69) is 52.5 Å². The van der Waals surface area contributed by atoms with Crippen molar-refractivity contribution in [1.29, 1.82) is 0 Å². The number of carbonyl (C=O) groups excluding carboxylic acids is 3. The van der Waals surface area contributed by atoms with Crippen LogP contribution in [0.3, 0.4) is 0 Å². The van der Waals surface area contributed by atoms with Gasteiger partial charge >= 0.3 is 0 Å². The molecule has 17 heteroatoms. The van der Waals surface area contributed by atoms with Crippen LogP contribution in [0.25, 0.3) is 11.0 Å². The average Bonchev–Trinajstić information content (AvgIpc) is 3.93. The van der Waals surface area contributed by atoms with Crippen LogP contribution in [-0.4, -0.2) is 137 Å². The van der Waals surface area contributed by atoms with Gasteiger partial charge in [0.1, 0.15) is 23.9 Å². The summed E-state index contributed by atoms with van der Waals surface area (Å²) in [7, 11) is 1.93. The number of piperidine rings is 2. The summed E-state index contributed by atoms with van der Waals surface area (Å²) in [5.74, 6) is 0.468. The monoisotopic (exact) mass is 791 g/mol. The Labute approximate surface area is 335 Å². The molecule has 5 aliphatic heterocycles. The summed E-state index contributed by atoms with van der Waals surface area (Å²) in [5.41, 5.74) is 11.4. The third-order valence-electron chi connectivity index (χ3n) is 13.1. The number of hydrogen-bond acceptors (Lipinski definition) is 15. The molecule has 2 unspecified atom stereocenters. The number of ether oxygens (including phenoxy) is 1. The normalized spacial score (nSPS) is 26.6. The fourth-order valence-corrected chi connectivity index (χ4v) is 10.1. The van der Waals surface area contributed by atoms with Gasteiger partial charge in [0.15, 0.2) is 23.4 Å². The number of imide groups is 1. The van der Waals surface area contributed by atoms with E-state index in [1.54, 1.807) is 6.20 Å². The van der Waals surface area contributed by atoms with Crippen LogP contribution in [0.2, 0.25) is 0 Å². The molecule has 4 aromatic rings. The van der Waals surface area contributed by atoms with Gasteiger partial charge in [0, 0.05) is 87.5 Å². The van der Waals surface area contributed by atoms with Crippen LogP contribution in [0.1, 0.15) is 58.9 Å². The van der Waals surface area contributed by atoms with E-state index in [4.69, 9.17) is 20.0 Å². The first-order chi connectivity index (χ1) is 28.2. The molecule has 2 aromatic carbocycles. The maximum absolute atomic E-state index is 12.6. The Morgan fingerprint density at radius 3 is 2.78 bits per heavy atom. The van der Waals surface area contributed by atoms with E-state index >= 15 is 0 Å². The Kier molecular flexibility index (Phi) is 9.42. The highest BCUT2D eigenvalue weighted by molar-refractivity contribution is 6.02. The maximum atomic E-state index is 12.6. The zero-order valence-electron chi connectivity index (χ0n) is 32.6. The molecule has 6 aliphatic rings. The lowest BCUT2D eigenvalue weighted by Gasteiger charge is -2.46. The molecule has 5 N–H and O–H groups in total. The van der Waals surface area contributed by atoms with Crippen LogP contribution >= 0.6 is 0 Å². The highest BCUT2D eigenvalue weighted by Crippen LogP contribution is 2.40. The van der Waals surface area contributed by atoms with Gasteiger partial charge in [0.05, 0.1) is 23.8 Å². The van der Waals surface area contributed by atoms with Crippen molar-refractivity contribution in [2.45, 2.75) is 62.9 Å². The molecule has 2 aromatic heterocycles. The van der Waals surface area contributed by atoms with E-state index in [1.165, 1.54) is 11.1 Å². The summed E-state index contributed by atoms with van der Waals surface area (Å²) in [5, 5.41) is 21.7. The number of anilines is 4. The zero-order chi connectivity index (χ0) is 39.7. The van der Waals surface area contributed by atoms with Gasteiger partial charge in [-0.05, 0) is 68.8 Å². The van der Waals surface area contributed by atoms with E-state index in [1.807, 2.05) is 30.1 Å². The molecule has 58 heavy (non-hydrogen) atoms. The number of hydrogen-bond donors (Lipinski definition) is 4. The molecule has 304 valence electrons. The topological polar surface area (TPSA) is 199 Å². The Morgan fingerprint density at radius 1 is 1.05 bits per heavy atom. The van der Waals surface area contributed by atoms with Crippen molar-refractivity contribution in [2.24, 2.45) is 11.7 Å². The van der Waals surface area contributed by atoms with Crippen LogP contribution in [0, 0.1) is 5.92 Å². The van der Waals surface area contributed by atoms with Crippen molar-refractivity contribution < 1.29 is 28.8 Å². The van der Waals surface area contributed by atoms with Crippen LogP contribution in [0.4, 0.5) is 23.0 Å². The summed E-state index contributed by atoms with van der Waals surface area (Å²) in [6.45, 7) is 7.34. The number of carbonyl (C=O) groups is 3. The number of aliphatic hydroxyl groups excluding tert-OH is 1. The molecule has 10 rings (SSSR count). The van der Waals surface area contributed by atoms with Gasteiger partial charge in [-0.25, -0.2) is 9.97 Å². The average molecular weight is 792 g/mol. The number of benzene rings is 2. The Bertz CT molecular complexity index is 2280. The van der Waals surface area contributed by atoms with E-state index in [0.29, 0.717) is 49.2 Å². The predicted octanol–water partition coefficient (Wildman–Crippen LogP) is 1.77. The molecule has 1 aliphatic carbocycles. The number of piperazine rings is 1. The van der Waals surface area contributed by atoms with Gasteiger partial charge < -0.3 is 35.2 Å². The van der Waals surface area contributed by atoms with Crippen molar-refractivity contribution >= 4 is 51.7 Å². The minimum atomic E-state index is -0.664. The highest BCUT2D eigenvalue weighted by atomic mass is 16.5. The van der Waals surface area contributed by atoms with Gasteiger partial charge in [0.2, 0.25) is 11.8 Å². The van der Waals surface area contributed by atoms with Crippen LogP contribution in [0.5, 0.6) is 5.75 Å². The summed E-state index contributed by atoms with van der Waals surface area (Å²) in [6, 6.07) is 10.6. The molecule has 4 saturated heterocycles. The lowest BCUT2D eigenvalue weighted by molar-refractivity contribution is -0.134. The third-order valence-corrected chi connectivity index (χ3v) is 13.1. The first-order valence-corrected chi connectivity index (χ1v) is 20.5. The SMILES string of the molecule is CN1CCN([C@@H]2CCCN(c3cnc(C(N)=O)c(Nc4ccc5c(c4)OC[C@H]4CN(C[C@H]6Cc7ccc8c(C9CCC(=O)NC9=O)noc8c7C6)CCN54)n3)C2)C1O. The molecule has 3 amide bonds. The summed E-state index contributed by atoms with van der Waals surface area (Å²) in [4.78, 5) is 57.3. The number of likely N-dealkylation sites (N-methyl/N-ethyl adjacent to an activating group) is 1. The first kappa shape index (κ1) is 36.9. The number of amides is 3. The standard InChI is InChI=1S/C41H49N11O6/c1-48-11-13-52(41(48)56)26-3-2-10-50(21-26)33-18-43-36(38(42)54)39(45-33)44-25-5-8-31-32(17-25)57-22-27-20-49(12-14-51(27)31)19-23-15-24-4-6-28-35(47-58-37(28)30(24)16-23)29-7-9-34(53)46-40(29)55/h4-6,8,17-18,23,26-27,29,41,56H,2-3,7,9-16,19-22H2,1H3,(H2,42,54)(H,44,45)(H,46,53,55)/t23-,26+,27+,29?,41?/m0/s1. The quantitative estimate of drug-likeness (QED) is 0.188. The molecule has 4 fully saturated rings. The molecule has 5 atom stereocenters. The molecule has 0 spiro atoms. The Balaban J connectivity index is 0.784. The number of rotatable bonds is 8. The number of primary amides is 1.